The van der Waals surface area contributed by atoms with Gasteiger partial charge in [0.1, 0.15) is 0 Å². The summed E-state index contributed by atoms with van der Waals surface area (Å²) < 4.78 is 0. The first-order chi connectivity index (χ1) is 8.29. The fourth-order valence-corrected chi connectivity index (χ4v) is 2.70. The van der Waals surface area contributed by atoms with Crippen molar-refractivity contribution in [2.24, 2.45) is 11.7 Å². The summed E-state index contributed by atoms with van der Waals surface area (Å²) in [5, 5.41) is 0. The largest absolute Gasteiger partial charge is 0.341 e. The van der Waals surface area contributed by atoms with Gasteiger partial charge in [0.25, 0.3) is 0 Å². The summed E-state index contributed by atoms with van der Waals surface area (Å²) in [6.45, 7) is 5.59. The van der Waals surface area contributed by atoms with Crippen molar-refractivity contribution in [1.29, 1.82) is 0 Å². The van der Waals surface area contributed by atoms with E-state index < -0.39 is 0 Å². The predicted molar refractivity (Wildman–Crippen MR) is 68.6 cm³/mol. The zero-order valence-electron chi connectivity index (χ0n) is 10.7. The van der Waals surface area contributed by atoms with Crippen molar-refractivity contribution in [3.63, 3.8) is 0 Å². The van der Waals surface area contributed by atoms with E-state index in [1.165, 1.54) is 19.3 Å². The summed E-state index contributed by atoms with van der Waals surface area (Å²) in [7, 11) is 0. The molecule has 0 aromatic heterocycles. The molecule has 0 spiro atoms. The van der Waals surface area contributed by atoms with Gasteiger partial charge in [-0.25, -0.2) is 0 Å². The van der Waals surface area contributed by atoms with E-state index in [0.717, 1.165) is 52.1 Å². The van der Waals surface area contributed by atoms with Crippen molar-refractivity contribution in [1.82, 2.24) is 9.80 Å². The van der Waals surface area contributed by atoms with E-state index in [1.54, 1.807) is 0 Å². The third-order valence-electron chi connectivity index (χ3n) is 4.07. The van der Waals surface area contributed by atoms with Crippen LogP contribution in [0.3, 0.4) is 0 Å². The Bertz CT molecular complexity index is 253. The minimum Gasteiger partial charge on any atom is -0.341 e. The van der Waals surface area contributed by atoms with Crippen molar-refractivity contribution in [3.8, 4) is 0 Å². The van der Waals surface area contributed by atoms with Crippen molar-refractivity contribution >= 4 is 5.91 Å². The molecule has 2 fully saturated rings. The van der Waals surface area contributed by atoms with Gasteiger partial charge in [-0.1, -0.05) is 6.42 Å². The molecule has 1 heterocycles. The Balaban J connectivity index is 1.74. The Morgan fingerprint density at radius 2 is 1.94 bits per heavy atom. The lowest BCUT2D eigenvalue weighted by atomic mass is 9.82. The van der Waals surface area contributed by atoms with E-state index >= 15 is 0 Å². The second-order valence-electron chi connectivity index (χ2n) is 5.37. The summed E-state index contributed by atoms with van der Waals surface area (Å²) >= 11 is 0. The Morgan fingerprint density at radius 3 is 2.59 bits per heavy atom. The molecule has 0 radical (unpaired) electrons. The quantitative estimate of drug-likeness (QED) is 0.784. The van der Waals surface area contributed by atoms with Gasteiger partial charge in [0.2, 0.25) is 5.91 Å². The molecular weight excluding hydrogens is 214 g/mol. The van der Waals surface area contributed by atoms with Crippen LogP contribution in [-0.4, -0.2) is 55.0 Å². The Hall–Kier alpha value is -0.610. The molecule has 17 heavy (non-hydrogen) atoms. The summed E-state index contributed by atoms with van der Waals surface area (Å²) in [6.07, 6.45) is 5.73. The van der Waals surface area contributed by atoms with Crippen molar-refractivity contribution in [2.75, 3.05) is 39.3 Å². The molecule has 2 rings (SSSR count). The average Bonchev–Trinajstić information content (AvgIpc) is 2.49. The molecule has 1 aliphatic carbocycles. The predicted octanol–water partition coefficient (Wildman–Crippen LogP) is 0.670. The van der Waals surface area contributed by atoms with Gasteiger partial charge in [-0.15, -0.1) is 0 Å². The highest BCUT2D eigenvalue weighted by molar-refractivity contribution is 5.76. The number of amides is 1. The van der Waals surface area contributed by atoms with Gasteiger partial charge in [-0.3, -0.25) is 4.79 Å². The van der Waals surface area contributed by atoms with E-state index in [-0.39, 0.29) is 0 Å². The lowest BCUT2D eigenvalue weighted by molar-refractivity contribution is -0.132. The van der Waals surface area contributed by atoms with Crippen LogP contribution in [0.2, 0.25) is 0 Å². The molecule has 0 bridgehead atoms. The second-order valence-corrected chi connectivity index (χ2v) is 5.37. The molecule has 2 aliphatic rings. The molecule has 4 nitrogen and oxygen atoms in total. The molecule has 98 valence electrons. The summed E-state index contributed by atoms with van der Waals surface area (Å²) in [6, 6.07) is 0. The first kappa shape index (κ1) is 12.8. The van der Waals surface area contributed by atoms with Crippen molar-refractivity contribution in [2.45, 2.75) is 32.1 Å². The number of hydrogen-bond acceptors (Lipinski definition) is 3. The monoisotopic (exact) mass is 239 g/mol. The number of nitrogens with zero attached hydrogens (tertiary/aromatic N) is 2. The van der Waals surface area contributed by atoms with E-state index in [1.807, 2.05) is 0 Å². The SMILES string of the molecule is NCCN1CCCN(C(=O)CC2CCC2)CC1. The Morgan fingerprint density at radius 1 is 1.12 bits per heavy atom. The lowest BCUT2D eigenvalue weighted by Crippen LogP contribution is -2.37. The standard InChI is InChI=1S/C13H25N3O/c14-5-8-15-6-2-7-16(10-9-15)13(17)11-12-3-1-4-12/h12H,1-11,14H2. The highest BCUT2D eigenvalue weighted by Crippen LogP contribution is 2.29. The number of hydrogen-bond donors (Lipinski definition) is 1. The fourth-order valence-electron chi connectivity index (χ4n) is 2.70. The van der Waals surface area contributed by atoms with E-state index in [9.17, 15) is 4.79 Å². The van der Waals surface area contributed by atoms with E-state index in [4.69, 9.17) is 5.73 Å². The van der Waals surface area contributed by atoms with Gasteiger partial charge in [0.05, 0.1) is 0 Å². The van der Waals surface area contributed by atoms with Crippen LogP contribution in [-0.2, 0) is 4.79 Å². The molecular formula is C13H25N3O. The Kier molecular flexibility index (Phi) is 4.80. The van der Waals surface area contributed by atoms with Crippen LogP contribution < -0.4 is 5.73 Å². The lowest BCUT2D eigenvalue weighted by Gasteiger charge is -2.28. The maximum Gasteiger partial charge on any atom is 0.222 e. The van der Waals surface area contributed by atoms with E-state index in [0.29, 0.717) is 11.8 Å². The van der Waals surface area contributed by atoms with Crippen LogP contribution in [0.25, 0.3) is 0 Å². The van der Waals surface area contributed by atoms with Gasteiger partial charge in [0, 0.05) is 39.1 Å². The molecule has 1 amide bonds. The molecule has 2 N–H and O–H groups in total. The highest BCUT2D eigenvalue weighted by Gasteiger charge is 2.24. The smallest absolute Gasteiger partial charge is 0.222 e. The molecule has 0 aromatic carbocycles. The Labute approximate surface area is 104 Å². The number of nitrogens with two attached hydrogens (primary N) is 1. The summed E-state index contributed by atoms with van der Waals surface area (Å²) in [4.78, 5) is 16.5. The van der Waals surface area contributed by atoms with E-state index in [2.05, 4.69) is 9.80 Å². The fraction of sp³-hybridized carbons (Fsp3) is 0.923. The van der Waals surface area contributed by atoms with Crippen LogP contribution in [0.4, 0.5) is 0 Å². The molecule has 1 saturated heterocycles. The number of carbonyl (C=O) groups is 1. The highest BCUT2D eigenvalue weighted by atomic mass is 16.2. The van der Waals surface area contributed by atoms with Gasteiger partial charge >= 0.3 is 0 Å². The van der Waals surface area contributed by atoms with Crippen LogP contribution >= 0.6 is 0 Å². The molecule has 0 atom stereocenters. The second kappa shape index (κ2) is 6.36. The van der Waals surface area contributed by atoms with Crippen LogP contribution in [0.5, 0.6) is 0 Å². The molecule has 4 heteroatoms. The zero-order valence-corrected chi connectivity index (χ0v) is 10.7. The number of carbonyl (C=O) groups excluding carboxylic acids is 1. The summed E-state index contributed by atoms with van der Waals surface area (Å²) in [5.74, 6) is 1.06. The first-order valence-electron chi connectivity index (χ1n) is 7.00. The molecule has 1 saturated carbocycles. The van der Waals surface area contributed by atoms with Crippen LogP contribution in [0.1, 0.15) is 32.1 Å². The normalized spacial score (nSPS) is 23.2. The third kappa shape index (κ3) is 3.68. The molecule has 0 aromatic rings. The van der Waals surface area contributed by atoms with Crippen LogP contribution in [0, 0.1) is 5.92 Å². The van der Waals surface area contributed by atoms with Gasteiger partial charge < -0.3 is 15.5 Å². The minimum absolute atomic E-state index is 0.379. The first-order valence-corrected chi connectivity index (χ1v) is 7.00. The third-order valence-corrected chi connectivity index (χ3v) is 4.07. The van der Waals surface area contributed by atoms with Crippen molar-refractivity contribution < 1.29 is 4.79 Å². The maximum atomic E-state index is 12.1. The minimum atomic E-state index is 0.379. The molecule has 1 aliphatic heterocycles. The number of rotatable bonds is 4. The van der Waals surface area contributed by atoms with Crippen LogP contribution in [0.15, 0.2) is 0 Å². The van der Waals surface area contributed by atoms with Gasteiger partial charge in [-0.2, -0.15) is 0 Å². The molecule has 0 unspecified atom stereocenters. The van der Waals surface area contributed by atoms with Gasteiger partial charge in [-0.05, 0) is 31.7 Å². The summed E-state index contributed by atoms with van der Waals surface area (Å²) in [5.41, 5.74) is 5.57. The zero-order chi connectivity index (χ0) is 12.1. The average molecular weight is 239 g/mol. The van der Waals surface area contributed by atoms with Crippen molar-refractivity contribution in [3.05, 3.63) is 0 Å². The maximum absolute atomic E-state index is 12.1. The van der Waals surface area contributed by atoms with Gasteiger partial charge in [0.15, 0.2) is 0 Å². The topological polar surface area (TPSA) is 49.6 Å².